The van der Waals surface area contributed by atoms with E-state index in [-0.39, 0.29) is 21.7 Å². The minimum Gasteiger partial charge on any atom is -0.343 e. The zero-order valence-corrected chi connectivity index (χ0v) is 15.6. The van der Waals surface area contributed by atoms with Crippen LogP contribution in [0.5, 0.6) is 0 Å². The van der Waals surface area contributed by atoms with Crippen molar-refractivity contribution in [1.29, 1.82) is 0 Å². The molecule has 1 aliphatic rings. The van der Waals surface area contributed by atoms with Gasteiger partial charge in [-0.3, -0.25) is 9.78 Å². The number of aromatic nitrogens is 1. The fourth-order valence-corrected chi connectivity index (χ4v) is 5.70. The molecule has 0 saturated carbocycles. The Morgan fingerprint density at radius 3 is 2.68 bits per heavy atom. The summed E-state index contributed by atoms with van der Waals surface area (Å²) < 4.78 is 27.2. The number of pyridine rings is 1. The van der Waals surface area contributed by atoms with Gasteiger partial charge < -0.3 is 5.32 Å². The van der Waals surface area contributed by atoms with Crippen LogP contribution in [0, 0.1) is 0 Å². The largest absolute Gasteiger partial charge is 0.343 e. The summed E-state index contributed by atoms with van der Waals surface area (Å²) in [5, 5.41) is 4.49. The van der Waals surface area contributed by atoms with Crippen molar-refractivity contribution in [3.8, 4) is 0 Å². The minimum atomic E-state index is -3.63. The lowest BCUT2D eigenvalue weighted by Crippen LogP contribution is -2.36. The van der Waals surface area contributed by atoms with Crippen molar-refractivity contribution in [2.24, 2.45) is 0 Å². The third kappa shape index (κ3) is 3.91. The van der Waals surface area contributed by atoms with Gasteiger partial charge in [0, 0.05) is 19.3 Å². The van der Waals surface area contributed by atoms with Gasteiger partial charge in [0.15, 0.2) is 0 Å². The molecule has 0 bridgehead atoms. The third-order valence-corrected chi connectivity index (χ3v) is 7.23. The summed E-state index contributed by atoms with van der Waals surface area (Å²) >= 11 is 1.15. The SMILES string of the molecule is CC(NC(=O)c1sccc1S(=O)(=O)N1CCCCC1)c1ccccn1. The van der Waals surface area contributed by atoms with Crippen molar-refractivity contribution in [2.45, 2.75) is 37.1 Å². The van der Waals surface area contributed by atoms with Crippen LogP contribution in [0.4, 0.5) is 0 Å². The van der Waals surface area contributed by atoms with Crippen molar-refractivity contribution >= 4 is 27.3 Å². The second-order valence-electron chi connectivity index (χ2n) is 6.03. The van der Waals surface area contributed by atoms with Gasteiger partial charge in [-0.05, 0) is 43.3 Å². The molecular weight excluding hydrogens is 358 g/mol. The number of amides is 1. The van der Waals surface area contributed by atoms with Gasteiger partial charge in [-0.15, -0.1) is 11.3 Å². The van der Waals surface area contributed by atoms with Gasteiger partial charge in [-0.2, -0.15) is 4.31 Å². The maximum absolute atomic E-state index is 12.9. The molecule has 0 aromatic carbocycles. The molecule has 1 saturated heterocycles. The normalized spacial score (nSPS) is 17.2. The Morgan fingerprint density at radius 2 is 2.00 bits per heavy atom. The maximum atomic E-state index is 12.9. The van der Waals surface area contributed by atoms with Crippen LogP contribution in [-0.4, -0.2) is 36.7 Å². The van der Waals surface area contributed by atoms with Crippen LogP contribution >= 0.6 is 11.3 Å². The highest BCUT2D eigenvalue weighted by Crippen LogP contribution is 2.27. The quantitative estimate of drug-likeness (QED) is 0.866. The van der Waals surface area contributed by atoms with E-state index in [1.807, 2.05) is 19.1 Å². The number of hydrogen-bond donors (Lipinski definition) is 1. The fourth-order valence-electron chi connectivity index (χ4n) is 2.88. The first-order valence-electron chi connectivity index (χ1n) is 8.29. The molecule has 1 aliphatic heterocycles. The van der Waals surface area contributed by atoms with E-state index in [1.54, 1.807) is 17.6 Å². The predicted molar refractivity (Wildman–Crippen MR) is 97.0 cm³/mol. The number of rotatable bonds is 5. The van der Waals surface area contributed by atoms with Crippen molar-refractivity contribution in [3.63, 3.8) is 0 Å². The molecule has 6 nitrogen and oxygen atoms in total. The molecule has 0 spiro atoms. The minimum absolute atomic E-state index is 0.102. The standard InChI is InChI=1S/C17H21N3O3S2/c1-13(14-7-3-4-9-18-14)19-17(21)16-15(8-12-24-16)25(22,23)20-10-5-2-6-11-20/h3-4,7-9,12-13H,2,5-6,10-11H2,1H3,(H,19,21). The van der Waals surface area contributed by atoms with Gasteiger partial charge in [0.25, 0.3) is 5.91 Å². The predicted octanol–water partition coefficient (Wildman–Crippen LogP) is 2.81. The van der Waals surface area contributed by atoms with Gasteiger partial charge in [-0.1, -0.05) is 12.5 Å². The van der Waals surface area contributed by atoms with Crippen LogP contribution in [0.2, 0.25) is 0 Å². The molecule has 1 atom stereocenters. The Kier molecular flexibility index (Phi) is 5.51. The number of piperidine rings is 1. The zero-order chi connectivity index (χ0) is 17.9. The first kappa shape index (κ1) is 18.0. The Hall–Kier alpha value is -1.77. The lowest BCUT2D eigenvalue weighted by atomic mass is 10.2. The Balaban J connectivity index is 1.80. The molecule has 134 valence electrons. The van der Waals surface area contributed by atoms with E-state index in [4.69, 9.17) is 0 Å². The Bertz CT molecular complexity index is 828. The molecule has 1 N–H and O–H groups in total. The number of sulfonamides is 1. The molecule has 0 aliphatic carbocycles. The molecule has 3 heterocycles. The first-order valence-corrected chi connectivity index (χ1v) is 10.6. The lowest BCUT2D eigenvalue weighted by Gasteiger charge is -2.26. The number of thiophene rings is 1. The molecular formula is C17H21N3O3S2. The molecule has 8 heteroatoms. The van der Waals surface area contributed by atoms with Crippen LogP contribution in [0.15, 0.2) is 40.7 Å². The summed E-state index contributed by atoms with van der Waals surface area (Å²) in [7, 11) is -3.63. The number of nitrogens with zero attached hydrogens (tertiary/aromatic N) is 2. The molecule has 25 heavy (non-hydrogen) atoms. The summed E-state index contributed by atoms with van der Waals surface area (Å²) in [6.45, 7) is 2.86. The average molecular weight is 380 g/mol. The van der Waals surface area contributed by atoms with E-state index in [2.05, 4.69) is 10.3 Å². The zero-order valence-electron chi connectivity index (χ0n) is 14.0. The van der Waals surface area contributed by atoms with E-state index in [9.17, 15) is 13.2 Å². The molecule has 1 amide bonds. The molecule has 2 aromatic heterocycles. The van der Waals surface area contributed by atoms with E-state index in [0.717, 1.165) is 36.3 Å². The maximum Gasteiger partial charge on any atom is 0.263 e. The number of carbonyl (C=O) groups is 1. The third-order valence-electron chi connectivity index (χ3n) is 4.25. The molecule has 3 rings (SSSR count). The first-order chi connectivity index (χ1) is 12.0. The molecule has 1 unspecified atom stereocenters. The van der Waals surface area contributed by atoms with Gasteiger partial charge in [0.2, 0.25) is 10.0 Å². The van der Waals surface area contributed by atoms with E-state index >= 15 is 0 Å². The van der Waals surface area contributed by atoms with E-state index in [1.165, 1.54) is 10.4 Å². The fraction of sp³-hybridized carbons (Fsp3) is 0.412. The van der Waals surface area contributed by atoms with Crippen molar-refractivity contribution in [1.82, 2.24) is 14.6 Å². The van der Waals surface area contributed by atoms with E-state index in [0.29, 0.717) is 13.1 Å². The van der Waals surface area contributed by atoms with Crippen LogP contribution in [-0.2, 0) is 10.0 Å². The monoisotopic (exact) mass is 379 g/mol. The van der Waals surface area contributed by atoms with Crippen LogP contribution in [0.1, 0.15) is 47.6 Å². The number of hydrogen-bond acceptors (Lipinski definition) is 5. The van der Waals surface area contributed by atoms with Crippen LogP contribution in [0.25, 0.3) is 0 Å². The molecule has 1 fully saturated rings. The highest BCUT2D eigenvalue weighted by atomic mass is 32.2. The smallest absolute Gasteiger partial charge is 0.263 e. The second-order valence-corrected chi connectivity index (χ2v) is 8.85. The summed E-state index contributed by atoms with van der Waals surface area (Å²) in [6, 6.07) is 6.70. The lowest BCUT2D eigenvalue weighted by molar-refractivity contribution is 0.0940. The summed E-state index contributed by atoms with van der Waals surface area (Å²) in [6.07, 6.45) is 4.43. The van der Waals surface area contributed by atoms with E-state index < -0.39 is 10.0 Å². The number of nitrogens with one attached hydrogen (secondary N) is 1. The second kappa shape index (κ2) is 7.63. The Morgan fingerprint density at radius 1 is 1.24 bits per heavy atom. The van der Waals surface area contributed by atoms with Gasteiger partial charge in [0.05, 0.1) is 11.7 Å². The summed E-state index contributed by atoms with van der Waals surface area (Å²) in [5.74, 6) is -0.385. The highest BCUT2D eigenvalue weighted by molar-refractivity contribution is 7.89. The molecule has 2 aromatic rings. The number of carbonyl (C=O) groups excluding carboxylic acids is 1. The summed E-state index contributed by atoms with van der Waals surface area (Å²) in [4.78, 5) is 17.2. The van der Waals surface area contributed by atoms with Gasteiger partial charge in [-0.25, -0.2) is 8.42 Å². The van der Waals surface area contributed by atoms with Gasteiger partial charge in [0.1, 0.15) is 9.77 Å². The van der Waals surface area contributed by atoms with Crippen molar-refractivity contribution in [3.05, 3.63) is 46.4 Å². The molecule has 0 radical (unpaired) electrons. The van der Waals surface area contributed by atoms with Crippen LogP contribution < -0.4 is 5.32 Å². The summed E-state index contributed by atoms with van der Waals surface area (Å²) in [5.41, 5.74) is 0.729. The highest BCUT2D eigenvalue weighted by Gasteiger charge is 2.31. The average Bonchev–Trinajstić information content (AvgIpc) is 3.14. The van der Waals surface area contributed by atoms with Crippen molar-refractivity contribution in [2.75, 3.05) is 13.1 Å². The van der Waals surface area contributed by atoms with Crippen LogP contribution in [0.3, 0.4) is 0 Å². The topological polar surface area (TPSA) is 79.4 Å². The van der Waals surface area contributed by atoms with Crippen molar-refractivity contribution < 1.29 is 13.2 Å². The van der Waals surface area contributed by atoms with Gasteiger partial charge >= 0.3 is 0 Å². The Labute approximate surface area is 151 Å².